The lowest BCUT2D eigenvalue weighted by Crippen LogP contribution is -2.27. The average Bonchev–Trinajstić information content (AvgIpc) is 2.80. The maximum Gasteiger partial charge on any atom is 0.137 e. The molecule has 100 valence electrons. The van der Waals surface area contributed by atoms with Crippen molar-refractivity contribution in [3.05, 3.63) is 35.9 Å². The highest BCUT2D eigenvalue weighted by Crippen LogP contribution is 2.30. The molecule has 1 aromatic rings. The number of hydrogen-bond donors (Lipinski definition) is 1. The van der Waals surface area contributed by atoms with E-state index in [-0.39, 0.29) is 18.9 Å². The van der Waals surface area contributed by atoms with Gasteiger partial charge in [0.15, 0.2) is 0 Å². The molecule has 18 heavy (non-hydrogen) atoms. The number of hydrogen-bond acceptors (Lipinski definition) is 3. The minimum absolute atomic E-state index is 0.00194. The van der Waals surface area contributed by atoms with Crippen LogP contribution in [0, 0.1) is 5.92 Å². The van der Waals surface area contributed by atoms with Crippen molar-refractivity contribution >= 4 is 0 Å². The summed E-state index contributed by atoms with van der Waals surface area (Å²) in [6, 6.07) is 10.3. The molecule has 1 aliphatic rings. The summed E-state index contributed by atoms with van der Waals surface area (Å²) in [6.45, 7) is 6.41. The predicted molar refractivity (Wildman–Crippen MR) is 72.2 cm³/mol. The molecule has 1 fully saturated rings. The lowest BCUT2D eigenvalue weighted by atomic mass is 10.1. The van der Waals surface area contributed by atoms with Crippen LogP contribution in [0.25, 0.3) is 0 Å². The molecule has 0 aromatic heterocycles. The molecule has 0 radical (unpaired) electrons. The Kier molecular flexibility index (Phi) is 4.75. The Hall–Kier alpha value is -0.900. The Bertz CT molecular complexity index is 353. The SMILES string of the molecule is CC(C)CCN1C[C@@H](CO)O[C@@H]1c1ccccc1. The molecule has 2 atom stereocenters. The highest BCUT2D eigenvalue weighted by Gasteiger charge is 2.32. The van der Waals surface area contributed by atoms with Crippen molar-refractivity contribution in [2.45, 2.75) is 32.6 Å². The van der Waals surface area contributed by atoms with Crippen LogP contribution in [0.2, 0.25) is 0 Å². The lowest BCUT2D eigenvalue weighted by Gasteiger charge is -2.23. The van der Waals surface area contributed by atoms with Crippen molar-refractivity contribution in [3.63, 3.8) is 0 Å². The van der Waals surface area contributed by atoms with Crippen LogP contribution in [0.1, 0.15) is 32.1 Å². The third-order valence-corrected chi connectivity index (χ3v) is 3.37. The third-order valence-electron chi connectivity index (χ3n) is 3.37. The van der Waals surface area contributed by atoms with Gasteiger partial charge in [0, 0.05) is 13.1 Å². The van der Waals surface area contributed by atoms with E-state index in [4.69, 9.17) is 4.74 Å². The average molecular weight is 249 g/mol. The molecule has 1 aliphatic heterocycles. The van der Waals surface area contributed by atoms with E-state index in [2.05, 4.69) is 30.9 Å². The van der Waals surface area contributed by atoms with E-state index >= 15 is 0 Å². The van der Waals surface area contributed by atoms with Gasteiger partial charge in [-0.15, -0.1) is 0 Å². The highest BCUT2D eigenvalue weighted by molar-refractivity contribution is 5.18. The van der Waals surface area contributed by atoms with E-state index in [1.165, 1.54) is 5.56 Å². The molecule has 1 N–H and O–H groups in total. The summed E-state index contributed by atoms with van der Waals surface area (Å²) >= 11 is 0. The summed E-state index contributed by atoms with van der Waals surface area (Å²) in [5, 5.41) is 9.27. The zero-order valence-corrected chi connectivity index (χ0v) is 11.2. The van der Waals surface area contributed by atoms with Gasteiger partial charge in [-0.05, 0) is 17.9 Å². The second kappa shape index (κ2) is 6.32. The molecule has 0 bridgehead atoms. The summed E-state index contributed by atoms with van der Waals surface area (Å²) in [5.41, 5.74) is 1.18. The second-order valence-corrected chi connectivity index (χ2v) is 5.38. The monoisotopic (exact) mass is 249 g/mol. The van der Waals surface area contributed by atoms with Crippen molar-refractivity contribution in [2.75, 3.05) is 19.7 Å². The van der Waals surface area contributed by atoms with Crippen LogP contribution < -0.4 is 0 Å². The molecule has 0 amide bonds. The molecule has 1 saturated heterocycles. The second-order valence-electron chi connectivity index (χ2n) is 5.38. The maximum absolute atomic E-state index is 9.27. The smallest absolute Gasteiger partial charge is 0.137 e. The van der Waals surface area contributed by atoms with Gasteiger partial charge in [-0.25, -0.2) is 0 Å². The van der Waals surface area contributed by atoms with Gasteiger partial charge < -0.3 is 9.84 Å². The van der Waals surface area contributed by atoms with Crippen LogP contribution in [-0.4, -0.2) is 35.8 Å². The Morgan fingerprint density at radius 2 is 2.06 bits per heavy atom. The van der Waals surface area contributed by atoms with Gasteiger partial charge in [0.25, 0.3) is 0 Å². The quantitative estimate of drug-likeness (QED) is 0.870. The Labute approximate surface area is 109 Å². The standard InChI is InChI=1S/C15H23NO2/c1-12(2)8-9-16-10-14(11-17)18-15(16)13-6-4-3-5-7-13/h3-7,12,14-15,17H,8-11H2,1-2H3/t14-,15+/m0/s1. The Morgan fingerprint density at radius 3 is 2.67 bits per heavy atom. The van der Waals surface area contributed by atoms with Gasteiger partial charge in [0.2, 0.25) is 0 Å². The molecular formula is C15H23NO2. The largest absolute Gasteiger partial charge is 0.394 e. The van der Waals surface area contributed by atoms with E-state index < -0.39 is 0 Å². The highest BCUT2D eigenvalue weighted by atomic mass is 16.5. The maximum atomic E-state index is 9.27. The fourth-order valence-corrected chi connectivity index (χ4v) is 2.31. The van der Waals surface area contributed by atoms with Gasteiger partial charge >= 0.3 is 0 Å². The molecule has 2 rings (SSSR count). The fraction of sp³-hybridized carbons (Fsp3) is 0.600. The molecule has 0 spiro atoms. The molecule has 1 aromatic carbocycles. The van der Waals surface area contributed by atoms with Crippen LogP contribution in [-0.2, 0) is 4.74 Å². The minimum atomic E-state index is -0.0534. The number of nitrogens with zero attached hydrogens (tertiary/aromatic N) is 1. The first-order valence-electron chi connectivity index (χ1n) is 6.76. The van der Waals surface area contributed by atoms with Crippen molar-refractivity contribution in [1.82, 2.24) is 4.90 Å². The van der Waals surface area contributed by atoms with Crippen LogP contribution in [0.15, 0.2) is 30.3 Å². The lowest BCUT2D eigenvalue weighted by molar-refractivity contribution is -0.0203. The summed E-state index contributed by atoms with van der Waals surface area (Å²) in [7, 11) is 0. The molecule has 1 heterocycles. The number of ether oxygens (including phenoxy) is 1. The van der Waals surface area contributed by atoms with Crippen molar-refractivity contribution < 1.29 is 9.84 Å². The Morgan fingerprint density at radius 1 is 1.33 bits per heavy atom. The first-order chi connectivity index (χ1) is 8.70. The van der Waals surface area contributed by atoms with Crippen LogP contribution in [0.3, 0.4) is 0 Å². The zero-order valence-electron chi connectivity index (χ0n) is 11.2. The van der Waals surface area contributed by atoms with Crippen molar-refractivity contribution in [1.29, 1.82) is 0 Å². The normalized spacial score (nSPS) is 24.9. The zero-order chi connectivity index (χ0) is 13.0. The van der Waals surface area contributed by atoms with Gasteiger partial charge in [-0.2, -0.15) is 0 Å². The first kappa shape index (κ1) is 13.5. The summed E-state index contributed by atoms with van der Waals surface area (Å²) in [4.78, 5) is 2.33. The van der Waals surface area contributed by atoms with Crippen LogP contribution in [0.4, 0.5) is 0 Å². The van der Waals surface area contributed by atoms with Gasteiger partial charge in [0.1, 0.15) is 6.23 Å². The van der Waals surface area contributed by atoms with Crippen LogP contribution in [0.5, 0.6) is 0 Å². The predicted octanol–water partition coefficient (Wildman–Crippen LogP) is 2.42. The fourth-order valence-electron chi connectivity index (χ4n) is 2.31. The van der Waals surface area contributed by atoms with Gasteiger partial charge in [0.05, 0.1) is 12.7 Å². The minimum Gasteiger partial charge on any atom is -0.394 e. The van der Waals surface area contributed by atoms with E-state index in [1.807, 2.05) is 18.2 Å². The van der Waals surface area contributed by atoms with E-state index in [0.29, 0.717) is 5.92 Å². The first-order valence-corrected chi connectivity index (χ1v) is 6.76. The number of rotatable bonds is 5. The molecule has 3 heteroatoms. The molecular weight excluding hydrogens is 226 g/mol. The van der Waals surface area contributed by atoms with E-state index in [9.17, 15) is 5.11 Å². The molecule has 0 saturated carbocycles. The van der Waals surface area contributed by atoms with Crippen LogP contribution >= 0.6 is 0 Å². The summed E-state index contributed by atoms with van der Waals surface area (Å²) in [6.07, 6.45) is 1.11. The number of aliphatic hydroxyl groups excluding tert-OH is 1. The Balaban J connectivity index is 2.05. The number of benzene rings is 1. The topological polar surface area (TPSA) is 32.7 Å². The summed E-state index contributed by atoms with van der Waals surface area (Å²) < 4.78 is 5.92. The molecule has 3 nitrogen and oxygen atoms in total. The van der Waals surface area contributed by atoms with E-state index in [0.717, 1.165) is 19.5 Å². The number of aliphatic hydroxyl groups is 1. The molecule has 0 aliphatic carbocycles. The van der Waals surface area contributed by atoms with Gasteiger partial charge in [-0.1, -0.05) is 44.2 Å². The summed E-state index contributed by atoms with van der Waals surface area (Å²) in [5.74, 6) is 0.689. The van der Waals surface area contributed by atoms with Gasteiger partial charge in [-0.3, -0.25) is 4.90 Å². The third kappa shape index (κ3) is 3.31. The van der Waals surface area contributed by atoms with Crippen molar-refractivity contribution in [3.8, 4) is 0 Å². The van der Waals surface area contributed by atoms with E-state index in [1.54, 1.807) is 0 Å². The van der Waals surface area contributed by atoms with Crippen molar-refractivity contribution in [2.24, 2.45) is 5.92 Å². The molecule has 0 unspecified atom stereocenters.